The molecule has 2 heteroatoms. The van der Waals surface area contributed by atoms with E-state index in [2.05, 4.69) is 29.6 Å². The Kier molecular flexibility index (Phi) is 3.85. The molecule has 12 heavy (non-hydrogen) atoms. The number of imidazole rings is 1. The molecule has 0 spiro atoms. The van der Waals surface area contributed by atoms with Gasteiger partial charge in [0, 0.05) is 6.42 Å². The van der Waals surface area contributed by atoms with Gasteiger partial charge in [0.2, 0.25) is 0 Å². The Balaban J connectivity index is 2.39. The van der Waals surface area contributed by atoms with Crippen molar-refractivity contribution < 1.29 is 4.57 Å². The standard InChI is InChI=1S/C10H18N2/c1-3-5-6-7-10-11-8-9-12(10)4-2/h8-9H,3-7H2,1-2H3/p+1. The predicted molar refractivity (Wildman–Crippen MR) is 49.9 cm³/mol. The fourth-order valence-electron chi connectivity index (χ4n) is 1.45. The van der Waals surface area contributed by atoms with Crippen LogP contribution in [0, 0.1) is 0 Å². The predicted octanol–water partition coefficient (Wildman–Crippen LogP) is 2.05. The van der Waals surface area contributed by atoms with Gasteiger partial charge in [0.05, 0.1) is 6.54 Å². The van der Waals surface area contributed by atoms with Gasteiger partial charge in [0.15, 0.2) is 0 Å². The monoisotopic (exact) mass is 167 g/mol. The van der Waals surface area contributed by atoms with Crippen molar-refractivity contribution in [2.24, 2.45) is 0 Å². The van der Waals surface area contributed by atoms with E-state index < -0.39 is 0 Å². The fraction of sp³-hybridized carbons (Fsp3) is 0.700. The van der Waals surface area contributed by atoms with Gasteiger partial charge in [-0.05, 0) is 13.3 Å². The second-order valence-electron chi connectivity index (χ2n) is 3.15. The van der Waals surface area contributed by atoms with E-state index in [1.807, 2.05) is 6.20 Å². The van der Waals surface area contributed by atoms with Crippen LogP contribution >= 0.6 is 0 Å². The Morgan fingerprint density at radius 2 is 2.17 bits per heavy atom. The van der Waals surface area contributed by atoms with E-state index in [1.165, 1.54) is 31.5 Å². The van der Waals surface area contributed by atoms with Crippen LogP contribution < -0.4 is 4.57 Å². The zero-order valence-corrected chi connectivity index (χ0v) is 8.14. The number of nitrogens with zero attached hydrogens (tertiary/aromatic N) is 1. The molecule has 1 rings (SSSR count). The third-order valence-electron chi connectivity index (χ3n) is 2.21. The Bertz CT molecular complexity index is 215. The topological polar surface area (TPSA) is 19.7 Å². The van der Waals surface area contributed by atoms with Crippen molar-refractivity contribution in [3.8, 4) is 0 Å². The van der Waals surface area contributed by atoms with Gasteiger partial charge in [0.1, 0.15) is 12.4 Å². The normalized spacial score (nSPS) is 10.5. The lowest BCUT2D eigenvalue weighted by molar-refractivity contribution is -0.699. The van der Waals surface area contributed by atoms with Crippen molar-refractivity contribution in [3.63, 3.8) is 0 Å². The zero-order valence-electron chi connectivity index (χ0n) is 8.14. The van der Waals surface area contributed by atoms with Gasteiger partial charge < -0.3 is 0 Å². The van der Waals surface area contributed by atoms with Crippen molar-refractivity contribution in [1.82, 2.24) is 4.98 Å². The quantitative estimate of drug-likeness (QED) is 0.511. The highest BCUT2D eigenvalue weighted by Crippen LogP contribution is 1.99. The second-order valence-corrected chi connectivity index (χ2v) is 3.15. The first-order valence-electron chi connectivity index (χ1n) is 4.94. The summed E-state index contributed by atoms with van der Waals surface area (Å²) in [6, 6.07) is 0. The number of aromatic nitrogens is 2. The highest BCUT2D eigenvalue weighted by Gasteiger charge is 2.06. The van der Waals surface area contributed by atoms with Crippen LogP contribution in [-0.4, -0.2) is 4.98 Å². The average molecular weight is 167 g/mol. The molecule has 1 aromatic rings. The molecule has 0 aliphatic carbocycles. The molecule has 1 N–H and O–H groups in total. The molecule has 0 aliphatic rings. The van der Waals surface area contributed by atoms with E-state index in [9.17, 15) is 0 Å². The minimum Gasteiger partial charge on any atom is -0.248 e. The molecule has 0 fully saturated rings. The molecule has 0 saturated heterocycles. The maximum absolute atomic E-state index is 3.28. The number of hydrogen-bond donors (Lipinski definition) is 1. The average Bonchev–Trinajstić information content (AvgIpc) is 2.52. The SMILES string of the molecule is CCCCCc1[nH]cc[n+]1CC. The molecule has 0 saturated carbocycles. The summed E-state index contributed by atoms with van der Waals surface area (Å²) in [6.07, 6.45) is 9.26. The van der Waals surface area contributed by atoms with Crippen molar-refractivity contribution in [2.45, 2.75) is 46.1 Å². The van der Waals surface area contributed by atoms with E-state index in [-0.39, 0.29) is 0 Å². The Hall–Kier alpha value is -0.790. The molecule has 0 unspecified atom stereocenters. The summed E-state index contributed by atoms with van der Waals surface area (Å²) in [5.41, 5.74) is 0. The molecule has 0 bridgehead atoms. The van der Waals surface area contributed by atoms with Gasteiger partial charge in [-0.25, -0.2) is 9.55 Å². The van der Waals surface area contributed by atoms with Crippen LogP contribution in [0.5, 0.6) is 0 Å². The van der Waals surface area contributed by atoms with Crippen LogP contribution in [0.1, 0.15) is 38.9 Å². The van der Waals surface area contributed by atoms with E-state index >= 15 is 0 Å². The summed E-state index contributed by atoms with van der Waals surface area (Å²) in [7, 11) is 0. The summed E-state index contributed by atoms with van der Waals surface area (Å²) in [4.78, 5) is 3.28. The lowest BCUT2D eigenvalue weighted by Crippen LogP contribution is -2.34. The fourth-order valence-corrected chi connectivity index (χ4v) is 1.45. The minimum absolute atomic E-state index is 1.07. The molecule has 2 nitrogen and oxygen atoms in total. The largest absolute Gasteiger partial charge is 0.254 e. The number of H-pyrrole nitrogens is 1. The number of aromatic amines is 1. The van der Waals surface area contributed by atoms with Gasteiger partial charge in [-0.1, -0.05) is 19.8 Å². The van der Waals surface area contributed by atoms with Crippen molar-refractivity contribution in [1.29, 1.82) is 0 Å². The van der Waals surface area contributed by atoms with Crippen LogP contribution in [0.4, 0.5) is 0 Å². The third-order valence-corrected chi connectivity index (χ3v) is 2.21. The Morgan fingerprint density at radius 3 is 2.83 bits per heavy atom. The van der Waals surface area contributed by atoms with Crippen LogP contribution in [0.15, 0.2) is 12.4 Å². The first-order valence-corrected chi connectivity index (χ1v) is 4.94. The summed E-state index contributed by atoms with van der Waals surface area (Å²) in [6.45, 7) is 5.49. The Labute approximate surface area is 74.6 Å². The number of nitrogens with one attached hydrogen (secondary N) is 1. The molecule has 0 aromatic carbocycles. The van der Waals surface area contributed by atoms with Crippen LogP contribution in [0.3, 0.4) is 0 Å². The van der Waals surface area contributed by atoms with Gasteiger partial charge in [-0.15, -0.1) is 0 Å². The smallest absolute Gasteiger partial charge is 0.248 e. The summed E-state index contributed by atoms with van der Waals surface area (Å²) < 4.78 is 2.27. The highest BCUT2D eigenvalue weighted by molar-refractivity contribution is 4.76. The molecular formula is C10H19N2+. The lowest BCUT2D eigenvalue weighted by atomic mass is 10.2. The van der Waals surface area contributed by atoms with Crippen LogP contribution in [0.25, 0.3) is 0 Å². The molecule has 1 aromatic heterocycles. The molecule has 0 atom stereocenters. The van der Waals surface area contributed by atoms with Gasteiger partial charge in [-0.3, -0.25) is 0 Å². The number of hydrogen-bond acceptors (Lipinski definition) is 0. The molecule has 1 heterocycles. The van der Waals surface area contributed by atoms with E-state index in [0.29, 0.717) is 0 Å². The maximum atomic E-state index is 3.28. The van der Waals surface area contributed by atoms with Gasteiger partial charge >= 0.3 is 0 Å². The first kappa shape index (κ1) is 9.30. The van der Waals surface area contributed by atoms with Crippen molar-refractivity contribution in [3.05, 3.63) is 18.2 Å². The van der Waals surface area contributed by atoms with Crippen molar-refractivity contribution in [2.75, 3.05) is 0 Å². The zero-order chi connectivity index (χ0) is 8.81. The van der Waals surface area contributed by atoms with E-state index in [4.69, 9.17) is 0 Å². The summed E-state index contributed by atoms with van der Waals surface area (Å²) in [5, 5.41) is 0. The number of aryl methyl sites for hydroxylation is 2. The van der Waals surface area contributed by atoms with Crippen molar-refractivity contribution >= 4 is 0 Å². The van der Waals surface area contributed by atoms with E-state index in [0.717, 1.165) is 6.54 Å². The van der Waals surface area contributed by atoms with Gasteiger partial charge in [0.25, 0.3) is 5.82 Å². The summed E-state index contributed by atoms with van der Waals surface area (Å²) in [5.74, 6) is 1.37. The lowest BCUT2D eigenvalue weighted by Gasteiger charge is -1.96. The second kappa shape index (κ2) is 4.96. The highest BCUT2D eigenvalue weighted by atomic mass is 15.0. The van der Waals surface area contributed by atoms with Gasteiger partial charge in [-0.2, -0.15) is 0 Å². The van der Waals surface area contributed by atoms with Crippen LogP contribution in [0.2, 0.25) is 0 Å². The minimum atomic E-state index is 1.07. The van der Waals surface area contributed by atoms with Crippen LogP contribution in [-0.2, 0) is 13.0 Å². The molecule has 0 radical (unpaired) electrons. The number of rotatable bonds is 5. The molecule has 0 amide bonds. The first-order chi connectivity index (χ1) is 5.88. The summed E-state index contributed by atoms with van der Waals surface area (Å²) >= 11 is 0. The molecule has 0 aliphatic heterocycles. The molecular weight excluding hydrogens is 148 g/mol. The van der Waals surface area contributed by atoms with E-state index in [1.54, 1.807) is 0 Å². The third kappa shape index (κ3) is 2.36. The Morgan fingerprint density at radius 1 is 1.33 bits per heavy atom. The molecule has 68 valence electrons. The number of unbranched alkanes of at least 4 members (excludes halogenated alkanes) is 2. The maximum Gasteiger partial charge on any atom is 0.254 e.